The van der Waals surface area contributed by atoms with E-state index in [0.29, 0.717) is 0 Å². The van der Waals surface area contributed by atoms with E-state index in [2.05, 4.69) is 0 Å². The zero-order valence-electron chi connectivity index (χ0n) is 5.74. The number of benzene rings is 1. The normalized spacial score (nSPS) is 11.1. The second-order valence-corrected chi connectivity index (χ2v) is 5.18. The topological polar surface area (TPSA) is 26.0 Å². The van der Waals surface area contributed by atoms with Gasteiger partial charge >= 0.3 is 0 Å². The minimum absolute atomic E-state index is 0.458. The second kappa shape index (κ2) is 3.09. The molecule has 1 rings (SSSR count). The van der Waals surface area contributed by atoms with Gasteiger partial charge in [-0.1, -0.05) is 12.1 Å². The summed E-state index contributed by atoms with van der Waals surface area (Å²) in [6.45, 7) is 1.57. The highest BCUT2D eigenvalue weighted by Gasteiger charge is 2.08. The average molecular weight is 170 g/mol. The summed E-state index contributed by atoms with van der Waals surface area (Å²) in [6.07, 6.45) is 0. The molecule has 0 fully saturated rings. The predicted octanol–water partition coefficient (Wildman–Crippen LogP) is 1.47. The van der Waals surface area contributed by atoms with Crippen molar-refractivity contribution in [3.63, 3.8) is 0 Å². The van der Waals surface area contributed by atoms with E-state index in [0.717, 1.165) is 11.0 Å². The van der Waals surface area contributed by atoms with Gasteiger partial charge in [-0.25, -0.2) is 0 Å². The minimum Gasteiger partial charge on any atom is -0.395 e. The van der Waals surface area contributed by atoms with E-state index >= 15 is 0 Å². The van der Waals surface area contributed by atoms with Crippen molar-refractivity contribution in [1.29, 1.82) is 0 Å². The molecule has 0 amide bonds. The van der Waals surface area contributed by atoms with Crippen molar-refractivity contribution in [2.75, 3.05) is 12.4 Å². The van der Waals surface area contributed by atoms with Gasteiger partial charge < -0.3 is 5.73 Å². The molecular formula is C7H9NPS+. The first-order chi connectivity index (χ1) is 4.72. The number of anilines is 1. The van der Waals surface area contributed by atoms with Crippen molar-refractivity contribution in [3.05, 3.63) is 24.3 Å². The highest BCUT2D eigenvalue weighted by atomic mass is 32.4. The van der Waals surface area contributed by atoms with E-state index in [4.69, 9.17) is 17.5 Å². The molecule has 10 heavy (non-hydrogen) atoms. The van der Waals surface area contributed by atoms with Gasteiger partial charge in [0, 0.05) is 0 Å². The summed E-state index contributed by atoms with van der Waals surface area (Å²) in [7, 11) is 0. The van der Waals surface area contributed by atoms with Gasteiger partial charge in [0.15, 0.2) is 17.1 Å². The first-order valence-electron chi connectivity index (χ1n) is 2.97. The number of para-hydroxylation sites is 1. The number of nitrogens with two attached hydrogens (primary N) is 1. The zero-order valence-corrected chi connectivity index (χ0v) is 7.45. The number of rotatable bonds is 1. The van der Waals surface area contributed by atoms with Gasteiger partial charge in [0.05, 0.1) is 5.69 Å². The van der Waals surface area contributed by atoms with Crippen molar-refractivity contribution < 1.29 is 0 Å². The molecule has 52 valence electrons. The summed E-state index contributed by atoms with van der Waals surface area (Å²) in [5.74, 6) is 0. The number of nitrogen functional groups attached to an aromatic ring is 1. The molecule has 0 heterocycles. The van der Waals surface area contributed by atoms with Crippen LogP contribution in [0.25, 0.3) is 0 Å². The molecule has 1 aromatic carbocycles. The molecule has 1 unspecified atom stereocenters. The Morgan fingerprint density at radius 2 is 2.00 bits per heavy atom. The third-order valence-corrected chi connectivity index (χ3v) is 2.95. The molecule has 0 spiro atoms. The smallest absolute Gasteiger partial charge is 0.211 e. The van der Waals surface area contributed by atoms with E-state index in [1.54, 1.807) is 0 Å². The highest BCUT2D eigenvalue weighted by molar-refractivity contribution is 8.08. The molecule has 0 aliphatic rings. The van der Waals surface area contributed by atoms with Crippen LogP contribution >= 0.6 is 6.70 Å². The molecule has 3 heteroatoms. The molecule has 0 aliphatic carbocycles. The van der Waals surface area contributed by atoms with Gasteiger partial charge in [0.25, 0.3) is 0 Å². The Bertz CT molecular complexity index is 260. The summed E-state index contributed by atoms with van der Waals surface area (Å²) in [4.78, 5) is 0. The van der Waals surface area contributed by atoms with Crippen LogP contribution in [0.15, 0.2) is 24.3 Å². The average Bonchev–Trinajstić information content (AvgIpc) is 1.88. The maximum absolute atomic E-state index is 5.67. The van der Waals surface area contributed by atoms with Crippen LogP contribution in [-0.2, 0) is 11.8 Å². The van der Waals surface area contributed by atoms with E-state index in [-0.39, 0.29) is 0 Å². The molecule has 0 aliphatic heterocycles. The lowest BCUT2D eigenvalue weighted by Gasteiger charge is -1.91. The van der Waals surface area contributed by atoms with Crippen LogP contribution < -0.4 is 11.0 Å². The fraction of sp³-hybridized carbons (Fsp3) is 0.143. The van der Waals surface area contributed by atoms with Gasteiger partial charge in [0.1, 0.15) is 6.66 Å². The minimum atomic E-state index is -0.458. The van der Waals surface area contributed by atoms with Crippen molar-refractivity contribution in [2.45, 2.75) is 0 Å². The van der Waals surface area contributed by atoms with Crippen LogP contribution in [0, 0.1) is 0 Å². The van der Waals surface area contributed by atoms with Crippen LogP contribution in [0.5, 0.6) is 0 Å². The fourth-order valence-corrected chi connectivity index (χ4v) is 2.01. The molecule has 0 radical (unpaired) electrons. The standard InChI is InChI=1S/C7H9NPS/c1-9(10)7-5-3-2-4-6(7)8/h2-5H,8H2,1H3/q+1. The van der Waals surface area contributed by atoms with Crippen molar-refractivity contribution in [3.8, 4) is 0 Å². The SMILES string of the molecule is C[P+](=S)c1ccccc1N. The van der Waals surface area contributed by atoms with Gasteiger partial charge in [-0.15, -0.1) is 0 Å². The van der Waals surface area contributed by atoms with Gasteiger partial charge in [-0.05, 0) is 12.1 Å². The van der Waals surface area contributed by atoms with Crippen LogP contribution in [0.4, 0.5) is 5.69 Å². The quantitative estimate of drug-likeness (QED) is 0.510. The number of hydrogen-bond donors (Lipinski definition) is 1. The molecule has 1 nitrogen and oxygen atoms in total. The summed E-state index contributed by atoms with van der Waals surface area (Å²) >= 11 is 5.12. The van der Waals surface area contributed by atoms with Crippen molar-refractivity contribution >= 4 is 29.5 Å². The zero-order chi connectivity index (χ0) is 7.56. The Hall–Kier alpha value is -0.460. The first kappa shape index (κ1) is 7.64. The molecule has 0 aromatic heterocycles. The summed E-state index contributed by atoms with van der Waals surface area (Å²) in [5, 5.41) is 1.12. The fourth-order valence-electron chi connectivity index (χ4n) is 0.774. The third kappa shape index (κ3) is 1.53. The molecule has 0 bridgehead atoms. The predicted molar refractivity (Wildman–Crippen MR) is 50.7 cm³/mol. The summed E-state index contributed by atoms with van der Waals surface area (Å²) in [5.41, 5.74) is 6.50. The lowest BCUT2D eigenvalue weighted by Crippen LogP contribution is -2.02. The highest BCUT2D eigenvalue weighted by Crippen LogP contribution is 2.17. The molecule has 1 aromatic rings. The van der Waals surface area contributed by atoms with Gasteiger partial charge in [-0.3, -0.25) is 0 Å². The van der Waals surface area contributed by atoms with E-state index in [1.165, 1.54) is 0 Å². The molecular weight excluding hydrogens is 161 g/mol. The van der Waals surface area contributed by atoms with Crippen molar-refractivity contribution in [1.82, 2.24) is 0 Å². The summed E-state index contributed by atoms with van der Waals surface area (Å²) in [6, 6.07) is 7.78. The van der Waals surface area contributed by atoms with Crippen LogP contribution in [-0.4, -0.2) is 6.66 Å². The van der Waals surface area contributed by atoms with Gasteiger partial charge in [0.2, 0.25) is 6.70 Å². The monoisotopic (exact) mass is 170 g/mol. The van der Waals surface area contributed by atoms with Crippen LogP contribution in [0.1, 0.15) is 0 Å². The molecule has 1 atom stereocenters. The Morgan fingerprint density at radius 3 is 2.40 bits per heavy atom. The van der Waals surface area contributed by atoms with Crippen LogP contribution in [0.3, 0.4) is 0 Å². The maximum Gasteiger partial charge on any atom is 0.211 e. The second-order valence-electron chi connectivity index (χ2n) is 2.06. The largest absolute Gasteiger partial charge is 0.395 e. The van der Waals surface area contributed by atoms with E-state index < -0.39 is 6.70 Å². The van der Waals surface area contributed by atoms with Crippen molar-refractivity contribution in [2.24, 2.45) is 0 Å². The van der Waals surface area contributed by atoms with Crippen LogP contribution in [0.2, 0.25) is 0 Å². The summed E-state index contributed by atoms with van der Waals surface area (Å²) < 4.78 is 0. The van der Waals surface area contributed by atoms with Gasteiger partial charge in [-0.2, -0.15) is 0 Å². The molecule has 2 N–H and O–H groups in total. The third-order valence-electron chi connectivity index (χ3n) is 1.28. The van der Waals surface area contributed by atoms with E-state index in [1.807, 2.05) is 30.9 Å². The Morgan fingerprint density at radius 1 is 1.40 bits per heavy atom. The maximum atomic E-state index is 5.67. The van der Waals surface area contributed by atoms with E-state index in [9.17, 15) is 0 Å². The lowest BCUT2D eigenvalue weighted by molar-refractivity contribution is 1.74. The lowest BCUT2D eigenvalue weighted by atomic mass is 10.3. The Kier molecular flexibility index (Phi) is 2.36. The molecule has 0 saturated carbocycles. The number of hydrogen-bond acceptors (Lipinski definition) is 2. The first-order valence-corrected chi connectivity index (χ1v) is 5.77. The Labute approximate surface area is 66.7 Å². The molecule has 0 saturated heterocycles. The Balaban J connectivity index is 3.15.